The van der Waals surface area contributed by atoms with Crippen LogP contribution in [-0.4, -0.2) is 21.5 Å². The molecule has 1 aliphatic rings. The third kappa shape index (κ3) is 3.87. The maximum Gasteiger partial charge on any atom is 0.270 e. The van der Waals surface area contributed by atoms with E-state index in [-0.39, 0.29) is 10.7 Å². The van der Waals surface area contributed by atoms with E-state index in [1.807, 2.05) is 32.0 Å². The molecule has 0 bridgehead atoms. The molecule has 2 heterocycles. The zero-order chi connectivity index (χ0) is 23.0. The van der Waals surface area contributed by atoms with Crippen LogP contribution in [0.5, 0.6) is 0 Å². The molecule has 2 aromatic carbocycles. The van der Waals surface area contributed by atoms with Crippen LogP contribution in [-0.2, 0) is 16.0 Å². The normalized spacial score (nSPS) is 15.4. The van der Waals surface area contributed by atoms with E-state index in [0.29, 0.717) is 10.7 Å². The van der Waals surface area contributed by atoms with Gasteiger partial charge in [0.2, 0.25) is 0 Å². The fourth-order valence-corrected chi connectivity index (χ4v) is 4.38. The SMILES string of the molecule is CCc1ccccc1-n1c(C)cc(/C=C2\C(=O)NC(=S)N(c3ccc(Cl)cc3)C2=O)c1C. The van der Waals surface area contributed by atoms with Crippen LogP contribution in [0.4, 0.5) is 5.69 Å². The molecule has 0 spiro atoms. The highest BCUT2D eigenvalue weighted by molar-refractivity contribution is 7.80. The highest BCUT2D eigenvalue weighted by Gasteiger charge is 2.34. The lowest BCUT2D eigenvalue weighted by Crippen LogP contribution is -2.54. The molecule has 0 unspecified atom stereocenters. The van der Waals surface area contributed by atoms with E-state index >= 15 is 0 Å². The number of nitrogens with zero attached hydrogens (tertiary/aromatic N) is 2. The van der Waals surface area contributed by atoms with Crippen LogP contribution >= 0.6 is 23.8 Å². The first-order chi connectivity index (χ1) is 15.3. The molecule has 32 heavy (non-hydrogen) atoms. The molecule has 4 rings (SSSR count). The number of aryl methyl sites for hydroxylation is 2. The number of anilines is 1. The van der Waals surface area contributed by atoms with Crippen LogP contribution in [0.3, 0.4) is 0 Å². The fourth-order valence-electron chi connectivity index (χ4n) is 3.97. The molecule has 162 valence electrons. The van der Waals surface area contributed by atoms with Crippen molar-refractivity contribution in [2.75, 3.05) is 4.90 Å². The second-order valence-electron chi connectivity index (χ2n) is 7.58. The van der Waals surface area contributed by atoms with Crippen molar-refractivity contribution in [2.24, 2.45) is 0 Å². The Kier molecular flexibility index (Phi) is 6.00. The largest absolute Gasteiger partial charge is 0.318 e. The third-order valence-electron chi connectivity index (χ3n) is 5.57. The van der Waals surface area contributed by atoms with Crippen LogP contribution < -0.4 is 10.2 Å². The summed E-state index contributed by atoms with van der Waals surface area (Å²) in [6, 6.07) is 16.9. The molecule has 0 radical (unpaired) electrons. The fraction of sp³-hybridized carbons (Fsp3) is 0.160. The van der Waals surface area contributed by atoms with Gasteiger partial charge in [0.15, 0.2) is 5.11 Å². The Morgan fingerprint density at radius 3 is 2.44 bits per heavy atom. The van der Waals surface area contributed by atoms with Crippen molar-refractivity contribution in [2.45, 2.75) is 27.2 Å². The topological polar surface area (TPSA) is 54.3 Å². The molecule has 1 N–H and O–H groups in total. The van der Waals surface area contributed by atoms with Gasteiger partial charge in [0.1, 0.15) is 5.57 Å². The van der Waals surface area contributed by atoms with E-state index < -0.39 is 11.8 Å². The Hall–Kier alpha value is -3.22. The van der Waals surface area contributed by atoms with Crippen LogP contribution in [0.15, 0.2) is 60.2 Å². The van der Waals surface area contributed by atoms with Gasteiger partial charge in [-0.2, -0.15) is 0 Å². The number of carbonyl (C=O) groups is 2. The summed E-state index contributed by atoms with van der Waals surface area (Å²) in [7, 11) is 0. The maximum absolute atomic E-state index is 13.3. The van der Waals surface area contributed by atoms with Crippen LogP contribution in [0.25, 0.3) is 11.8 Å². The third-order valence-corrected chi connectivity index (χ3v) is 6.11. The molecule has 3 aromatic rings. The summed E-state index contributed by atoms with van der Waals surface area (Å²) in [4.78, 5) is 27.3. The average molecular weight is 464 g/mol. The molecule has 1 saturated heterocycles. The first kappa shape index (κ1) is 22.0. The van der Waals surface area contributed by atoms with Gasteiger partial charge in [-0.1, -0.05) is 36.7 Å². The standard InChI is InChI=1S/C25H22ClN3O2S/c1-4-17-7-5-6-8-22(17)28-15(2)13-18(16(28)3)14-21-23(30)27-25(32)29(24(21)31)20-11-9-19(26)10-12-20/h5-14H,4H2,1-3H3,(H,27,30,32)/b21-14+. The van der Waals surface area contributed by atoms with Gasteiger partial charge < -0.3 is 4.57 Å². The van der Waals surface area contributed by atoms with Crippen molar-refractivity contribution in [3.05, 3.63) is 87.7 Å². The van der Waals surface area contributed by atoms with Crippen molar-refractivity contribution in [3.8, 4) is 5.69 Å². The highest BCUT2D eigenvalue weighted by atomic mass is 35.5. The second-order valence-corrected chi connectivity index (χ2v) is 8.40. The van der Waals surface area contributed by atoms with Crippen molar-refractivity contribution >= 4 is 52.5 Å². The minimum absolute atomic E-state index is 0.0255. The highest BCUT2D eigenvalue weighted by Crippen LogP contribution is 2.28. The van der Waals surface area contributed by atoms with Gasteiger partial charge in [-0.05, 0) is 86.1 Å². The molecule has 1 aliphatic heterocycles. The molecule has 1 fully saturated rings. The van der Waals surface area contributed by atoms with E-state index in [1.165, 1.54) is 10.5 Å². The van der Waals surface area contributed by atoms with Gasteiger partial charge in [0.25, 0.3) is 11.8 Å². The van der Waals surface area contributed by atoms with Crippen molar-refractivity contribution < 1.29 is 9.59 Å². The minimum atomic E-state index is -0.510. The number of aromatic nitrogens is 1. The van der Waals surface area contributed by atoms with Gasteiger partial charge in [-0.25, -0.2) is 0 Å². The van der Waals surface area contributed by atoms with Crippen LogP contribution in [0.2, 0.25) is 5.02 Å². The Morgan fingerprint density at radius 1 is 1.06 bits per heavy atom. The number of hydrogen-bond acceptors (Lipinski definition) is 3. The summed E-state index contributed by atoms with van der Waals surface area (Å²) in [6.45, 7) is 6.12. The lowest BCUT2D eigenvalue weighted by molar-refractivity contribution is -0.122. The summed E-state index contributed by atoms with van der Waals surface area (Å²) in [5.41, 5.74) is 5.65. The van der Waals surface area contributed by atoms with Crippen molar-refractivity contribution in [3.63, 3.8) is 0 Å². The number of carbonyl (C=O) groups excluding carboxylic acids is 2. The van der Waals surface area contributed by atoms with E-state index in [1.54, 1.807) is 30.3 Å². The smallest absolute Gasteiger partial charge is 0.270 e. The zero-order valence-corrected chi connectivity index (χ0v) is 19.6. The number of amides is 2. The van der Waals surface area contributed by atoms with E-state index in [2.05, 4.69) is 28.9 Å². The van der Waals surface area contributed by atoms with Crippen LogP contribution in [0, 0.1) is 13.8 Å². The predicted molar refractivity (Wildman–Crippen MR) is 132 cm³/mol. The number of para-hydroxylation sites is 1. The molecule has 0 atom stereocenters. The predicted octanol–water partition coefficient (Wildman–Crippen LogP) is 5.14. The monoisotopic (exact) mass is 463 g/mol. The van der Waals surface area contributed by atoms with Gasteiger partial charge >= 0.3 is 0 Å². The number of halogens is 1. The number of rotatable bonds is 4. The molecule has 7 heteroatoms. The first-order valence-electron chi connectivity index (χ1n) is 10.3. The first-order valence-corrected chi connectivity index (χ1v) is 11.0. The quantitative estimate of drug-likeness (QED) is 0.331. The van der Waals surface area contributed by atoms with Crippen molar-refractivity contribution in [1.29, 1.82) is 0 Å². The van der Waals surface area contributed by atoms with Gasteiger partial charge in [-0.15, -0.1) is 0 Å². The summed E-state index contributed by atoms with van der Waals surface area (Å²) in [5, 5.41) is 3.21. The van der Waals surface area contributed by atoms with E-state index in [9.17, 15) is 9.59 Å². The number of hydrogen-bond donors (Lipinski definition) is 1. The van der Waals surface area contributed by atoms with E-state index in [4.69, 9.17) is 23.8 Å². The molecule has 0 saturated carbocycles. The Bertz CT molecular complexity index is 1270. The van der Waals surface area contributed by atoms with Crippen molar-refractivity contribution in [1.82, 2.24) is 9.88 Å². The van der Waals surface area contributed by atoms with Gasteiger partial charge in [0.05, 0.1) is 5.69 Å². The Balaban J connectivity index is 1.78. The summed E-state index contributed by atoms with van der Waals surface area (Å²) < 4.78 is 2.15. The molecule has 2 amide bonds. The lowest BCUT2D eigenvalue weighted by atomic mass is 10.1. The second kappa shape index (κ2) is 8.73. The molecule has 5 nitrogen and oxygen atoms in total. The molecular weight excluding hydrogens is 442 g/mol. The Labute approximate surface area is 197 Å². The van der Waals surface area contributed by atoms with E-state index in [0.717, 1.165) is 29.1 Å². The minimum Gasteiger partial charge on any atom is -0.318 e. The summed E-state index contributed by atoms with van der Waals surface area (Å²) in [6.07, 6.45) is 2.54. The summed E-state index contributed by atoms with van der Waals surface area (Å²) >= 11 is 11.2. The maximum atomic E-state index is 13.3. The number of nitrogens with one attached hydrogen (secondary N) is 1. The average Bonchev–Trinajstić information content (AvgIpc) is 3.05. The van der Waals surface area contributed by atoms with Gasteiger partial charge in [0, 0.05) is 22.1 Å². The summed E-state index contributed by atoms with van der Waals surface area (Å²) in [5.74, 6) is -0.983. The van der Waals surface area contributed by atoms with Gasteiger partial charge in [-0.3, -0.25) is 19.8 Å². The van der Waals surface area contributed by atoms with Crippen LogP contribution in [0.1, 0.15) is 29.4 Å². The molecular formula is C25H22ClN3O2S. The Morgan fingerprint density at radius 2 is 1.75 bits per heavy atom. The lowest BCUT2D eigenvalue weighted by Gasteiger charge is -2.28. The molecule has 0 aliphatic carbocycles. The number of benzene rings is 2. The molecule has 1 aromatic heterocycles. The number of thiocarbonyl (C=S) groups is 1. The zero-order valence-electron chi connectivity index (χ0n) is 18.0.